The summed E-state index contributed by atoms with van der Waals surface area (Å²) >= 11 is 0. The lowest BCUT2D eigenvalue weighted by atomic mass is 10.0. The molecule has 0 bridgehead atoms. The van der Waals surface area contributed by atoms with Crippen molar-refractivity contribution < 1.29 is 9.84 Å². The van der Waals surface area contributed by atoms with Crippen molar-refractivity contribution in [2.75, 3.05) is 11.9 Å². The van der Waals surface area contributed by atoms with E-state index in [0.717, 1.165) is 64.2 Å². The number of aliphatic imine (C=N–C) groups is 1. The third kappa shape index (κ3) is 4.38. The minimum atomic E-state index is 0.268. The van der Waals surface area contributed by atoms with Gasteiger partial charge in [-0.05, 0) is 48.6 Å². The molecule has 2 aliphatic rings. The SMILES string of the molecule is C=C(N)/N=C\C=C(/C)c1cnc(NCc2cccc(C(O)=C3CC3)c2)c2c1OCC2. The number of benzene rings is 1. The lowest BCUT2D eigenvalue weighted by Gasteiger charge is -2.13. The van der Waals surface area contributed by atoms with Crippen LogP contribution < -0.4 is 15.8 Å². The van der Waals surface area contributed by atoms with Crippen LogP contribution in [0.1, 0.15) is 42.0 Å². The fourth-order valence-corrected chi connectivity index (χ4v) is 3.47. The topological polar surface area (TPSA) is 92.8 Å². The molecule has 0 saturated heterocycles. The third-order valence-electron chi connectivity index (χ3n) is 5.21. The Labute approximate surface area is 176 Å². The van der Waals surface area contributed by atoms with Crippen LogP contribution in [0, 0.1) is 0 Å². The summed E-state index contributed by atoms with van der Waals surface area (Å²) in [6.45, 7) is 6.80. The highest BCUT2D eigenvalue weighted by molar-refractivity contribution is 5.86. The second-order valence-corrected chi connectivity index (χ2v) is 7.55. The zero-order valence-corrected chi connectivity index (χ0v) is 17.1. The molecule has 0 spiro atoms. The van der Waals surface area contributed by atoms with E-state index < -0.39 is 0 Å². The Morgan fingerprint density at radius 3 is 2.97 bits per heavy atom. The van der Waals surface area contributed by atoms with Crippen molar-refractivity contribution in [3.63, 3.8) is 0 Å². The van der Waals surface area contributed by atoms with Crippen molar-refractivity contribution >= 4 is 23.4 Å². The van der Waals surface area contributed by atoms with E-state index in [0.29, 0.717) is 18.9 Å². The molecule has 2 heterocycles. The molecule has 1 aliphatic carbocycles. The minimum absolute atomic E-state index is 0.268. The fourth-order valence-electron chi connectivity index (χ4n) is 3.47. The van der Waals surface area contributed by atoms with Crippen molar-refractivity contribution in [2.45, 2.75) is 32.7 Å². The van der Waals surface area contributed by atoms with Gasteiger partial charge in [0.15, 0.2) is 0 Å². The maximum Gasteiger partial charge on any atom is 0.135 e. The van der Waals surface area contributed by atoms with E-state index in [9.17, 15) is 5.11 Å². The van der Waals surface area contributed by atoms with E-state index in [4.69, 9.17) is 10.5 Å². The third-order valence-corrected chi connectivity index (χ3v) is 5.21. The molecule has 154 valence electrons. The first-order chi connectivity index (χ1) is 14.5. The van der Waals surface area contributed by atoms with Crippen molar-refractivity contribution in [3.05, 3.63) is 76.8 Å². The highest BCUT2D eigenvalue weighted by atomic mass is 16.5. The number of rotatable bonds is 7. The largest absolute Gasteiger partial charge is 0.507 e. The Hall–Kier alpha value is -3.54. The van der Waals surface area contributed by atoms with Gasteiger partial charge >= 0.3 is 0 Å². The molecule has 4 N–H and O–H groups in total. The quantitative estimate of drug-likeness (QED) is 0.465. The Balaban J connectivity index is 1.52. The van der Waals surface area contributed by atoms with Gasteiger partial charge in [-0.25, -0.2) is 9.98 Å². The molecule has 1 saturated carbocycles. The first-order valence-corrected chi connectivity index (χ1v) is 10.1. The van der Waals surface area contributed by atoms with Gasteiger partial charge in [-0.15, -0.1) is 0 Å². The van der Waals surface area contributed by atoms with Crippen LogP contribution >= 0.6 is 0 Å². The summed E-state index contributed by atoms with van der Waals surface area (Å²) in [7, 11) is 0. The number of hydrogen-bond acceptors (Lipinski definition) is 6. The second-order valence-electron chi connectivity index (χ2n) is 7.55. The lowest BCUT2D eigenvalue weighted by Crippen LogP contribution is -2.05. The summed E-state index contributed by atoms with van der Waals surface area (Å²) in [5, 5.41) is 13.7. The number of pyridine rings is 1. The number of aliphatic hydroxyl groups excluding tert-OH is 1. The summed E-state index contributed by atoms with van der Waals surface area (Å²) in [5.41, 5.74) is 11.6. The van der Waals surface area contributed by atoms with E-state index in [-0.39, 0.29) is 5.82 Å². The Morgan fingerprint density at radius 2 is 2.20 bits per heavy atom. The summed E-state index contributed by atoms with van der Waals surface area (Å²) in [6, 6.07) is 7.99. The molecule has 4 rings (SSSR count). The highest BCUT2D eigenvalue weighted by Gasteiger charge is 2.22. The van der Waals surface area contributed by atoms with E-state index in [1.165, 1.54) is 0 Å². The van der Waals surface area contributed by atoms with Crippen LogP contribution in [0.2, 0.25) is 0 Å². The van der Waals surface area contributed by atoms with Gasteiger partial charge in [0.05, 0.1) is 6.61 Å². The van der Waals surface area contributed by atoms with Crippen LogP contribution in [0.25, 0.3) is 11.3 Å². The van der Waals surface area contributed by atoms with Crippen molar-refractivity contribution in [1.29, 1.82) is 0 Å². The predicted octanol–water partition coefficient (Wildman–Crippen LogP) is 4.60. The van der Waals surface area contributed by atoms with Crippen LogP contribution in [-0.2, 0) is 13.0 Å². The van der Waals surface area contributed by atoms with Crippen LogP contribution in [0.5, 0.6) is 5.75 Å². The van der Waals surface area contributed by atoms with Crippen LogP contribution in [0.3, 0.4) is 0 Å². The number of fused-ring (bicyclic) bond motifs is 1. The predicted molar refractivity (Wildman–Crippen MR) is 121 cm³/mol. The number of anilines is 1. The van der Waals surface area contributed by atoms with Crippen molar-refractivity contribution in [1.82, 2.24) is 4.98 Å². The summed E-state index contributed by atoms with van der Waals surface area (Å²) in [5.74, 6) is 2.39. The number of hydrogen-bond donors (Lipinski definition) is 3. The molecule has 0 amide bonds. The van der Waals surface area contributed by atoms with Gasteiger partial charge in [0, 0.05) is 42.1 Å². The van der Waals surface area contributed by atoms with E-state index in [1.54, 1.807) is 6.21 Å². The van der Waals surface area contributed by atoms with E-state index in [2.05, 4.69) is 21.9 Å². The normalized spacial score (nSPS) is 15.1. The molecule has 0 radical (unpaired) electrons. The number of nitrogens with zero attached hydrogens (tertiary/aromatic N) is 2. The molecule has 1 fully saturated rings. The Bertz CT molecular complexity index is 1080. The van der Waals surface area contributed by atoms with Gasteiger partial charge < -0.3 is 20.9 Å². The molecule has 1 aliphatic heterocycles. The molecule has 2 aromatic rings. The summed E-state index contributed by atoms with van der Waals surface area (Å²) in [6.07, 6.45) is 8.13. The van der Waals surface area contributed by atoms with Gasteiger partial charge in [0.25, 0.3) is 0 Å². The number of nitrogens with two attached hydrogens (primary N) is 1. The van der Waals surface area contributed by atoms with Crippen LogP contribution in [0.15, 0.2) is 59.5 Å². The lowest BCUT2D eigenvalue weighted by molar-refractivity contribution is 0.356. The van der Waals surface area contributed by atoms with Crippen molar-refractivity contribution in [3.8, 4) is 5.75 Å². The average Bonchev–Trinajstić information content (AvgIpc) is 3.47. The molecule has 1 aromatic heterocycles. The second kappa shape index (κ2) is 8.45. The van der Waals surface area contributed by atoms with Crippen LogP contribution in [0.4, 0.5) is 5.82 Å². The first kappa shape index (κ1) is 19.8. The zero-order chi connectivity index (χ0) is 21.1. The number of nitrogens with one attached hydrogen (secondary N) is 1. The van der Waals surface area contributed by atoms with Crippen molar-refractivity contribution in [2.24, 2.45) is 10.7 Å². The molecular weight excluding hydrogens is 376 g/mol. The van der Waals surface area contributed by atoms with Gasteiger partial charge in [-0.2, -0.15) is 0 Å². The number of allylic oxidation sites excluding steroid dienone is 3. The smallest absolute Gasteiger partial charge is 0.135 e. The molecule has 0 atom stereocenters. The number of ether oxygens (including phenoxy) is 1. The maximum atomic E-state index is 10.3. The van der Waals surface area contributed by atoms with E-state index in [1.807, 2.05) is 43.5 Å². The maximum absolute atomic E-state index is 10.3. The molecule has 6 nitrogen and oxygen atoms in total. The summed E-state index contributed by atoms with van der Waals surface area (Å²) in [4.78, 5) is 8.63. The fraction of sp³-hybridized carbons (Fsp3) is 0.250. The average molecular weight is 402 g/mol. The van der Waals surface area contributed by atoms with Gasteiger partial charge in [-0.3, -0.25) is 0 Å². The monoisotopic (exact) mass is 402 g/mol. The molecular formula is C24H26N4O2. The van der Waals surface area contributed by atoms with Gasteiger partial charge in [-0.1, -0.05) is 24.8 Å². The Morgan fingerprint density at radius 1 is 1.37 bits per heavy atom. The number of aromatic nitrogens is 1. The molecule has 1 aromatic carbocycles. The zero-order valence-electron chi connectivity index (χ0n) is 17.1. The first-order valence-electron chi connectivity index (χ1n) is 10.1. The van der Waals surface area contributed by atoms with Gasteiger partial charge in [0.2, 0.25) is 0 Å². The number of aliphatic hydroxyl groups is 1. The molecule has 30 heavy (non-hydrogen) atoms. The highest BCUT2D eigenvalue weighted by Crippen LogP contribution is 2.37. The summed E-state index contributed by atoms with van der Waals surface area (Å²) < 4.78 is 5.91. The Kier molecular flexibility index (Phi) is 5.57. The molecule has 0 unspecified atom stereocenters. The van der Waals surface area contributed by atoms with Gasteiger partial charge in [0.1, 0.15) is 23.1 Å². The molecule has 6 heteroatoms. The standard InChI is InChI=1S/C24H26N4O2/c1-15(8-10-26-16(2)25)21-14-28-24(20-9-11-30-23(20)21)27-13-17-4-3-5-19(12-17)22(29)18-6-7-18/h3-5,8,10,12,14,29H,2,6-7,9,11,13,25H2,1H3,(H,27,28)/b15-8+,26-10-. The minimum Gasteiger partial charge on any atom is -0.507 e. The van der Waals surface area contributed by atoms with E-state index >= 15 is 0 Å². The van der Waals surface area contributed by atoms with Crippen LogP contribution in [-0.4, -0.2) is 22.9 Å².